The average molecular weight is 297 g/mol. The SMILES string of the molecule is COc1cccc(-c2ccc3c(c2)C(OC(N)=O)CCC3)c1. The van der Waals surface area contributed by atoms with Crippen LogP contribution in [0.15, 0.2) is 42.5 Å². The predicted molar refractivity (Wildman–Crippen MR) is 84.8 cm³/mol. The molecule has 1 unspecified atom stereocenters. The molecule has 3 rings (SSSR count). The molecule has 0 saturated heterocycles. The van der Waals surface area contributed by atoms with Gasteiger partial charge in [0.25, 0.3) is 0 Å². The summed E-state index contributed by atoms with van der Waals surface area (Å²) >= 11 is 0. The van der Waals surface area contributed by atoms with Crippen LogP contribution in [0.25, 0.3) is 11.1 Å². The van der Waals surface area contributed by atoms with Crippen molar-refractivity contribution in [3.05, 3.63) is 53.6 Å². The highest BCUT2D eigenvalue weighted by Gasteiger charge is 2.23. The van der Waals surface area contributed by atoms with Gasteiger partial charge >= 0.3 is 6.09 Å². The fourth-order valence-electron chi connectivity index (χ4n) is 3.00. The Hall–Kier alpha value is -2.49. The first-order valence-corrected chi connectivity index (χ1v) is 7.40. The van der Waals surface area contributed by atoms with Crippen LogP contribution in [0.4, 0.5) is 4.79 Å². The quantitative estimate of drug-likeness (QED) is 0.936. The first-order chi connectivity index (χ1) is 10.7. The van der Waals surface area contributed by atoms with Crippen LogP contribution in [-0.4, -0.2) is 13.2 Å². The highest BCUT2D eigenvalue weighted by molar-refractivity contribution is 5.68. The summed E-state index contributed by atoms with van der Waals surface area (Å²) < 4.78 is 10.5. The van der Waals surface area contributed by atoms with E-state index in [2.05, 4.69) is 18.2 Å². The molecule has 1 atom stereocenters. The van der Waals surface area contributed by atoms with Crippen molar-refractivity contribution in [1.82, 2.24) is 0 Å². The lowest BCUT2D eigenvalue weighted by atomic mass is 9.87. The van der Waals surface area contributed by atoms with Crippen molar-refractivity contribution >= 4 is 6.09 Å². The van der Waals surface area contributed by atoms with Gasteiger partial charge in [-0.25, -0.2) is 4.79 Å². The molecule has 1 amide bonds. The number of methoxy groups -OCH3 is 1. The molecule has 0 saturated carbocycles. The summed E-state index contributed by atoms with van der Waals surface area (Å²) in [5, 5.41) is 0. The van der Waals surface area contributed by atoms with Crippen LogP contribution in [0.2, 0.25) is 0 Å². The Kier molecular flexibility index (Phi) is 4.00. The summed E-state index contributed by atoms with van der Waals surface area (Å²) in [6.45, 7) is 0. The molecule has 0 fully saturated rings. The van der Waals surface area contributed by atoms with E-state index in [-0.39, 0.29) is 6.10 Å². The van der Waals surface area contributed by atoms with E-state index >= 15 is 0 Å². The number of primary amides is 1. The second kappa shape index (κ2) is 6.10. The topological polar surface area (TPSA) is 61.6 Å². The molecule has 0 aromatic heterocycles. The molecule has 2 N–H and O–H groups in total. The van der Waals surface area contributed by atoms with Gasteiger partial charge in [-0.05, 0) is 59.7 Å². The predicted octanol–water partition coefficient (Wildman–Crippen LogP) is 3.83. The van der Waals surface area contributed by atoms with Crippen LogP contribution >= 0.6 is 0 Å². The Labute approximate surface area is 129 Å². The molecule has 2 aromatic rings. The Morgan fingerprint density at radius 3 is 2.77 bits per heavy atom. The molecule has 22 heavy (non-hydrogen) atoms. The third-order valence-corrected chi connectivity index (χ3v) is 4.07. The van der Waals surface area contributed by atoms with Crippen molar-refractivity contribution < 1.29 is 14.3 Å². The minimum absolute atomic E-state index is 0.244. The van der Waals surface area contributed by atoms with Crippen LogP contribution in [-0.2, 0) is 11.2 Å². The van der Waals surface area contributed by atoms with Crippen molar-refractivity contribution in [3.63, 3.8) is 0 Å². The standard InChI is InChI=1S/C18H19NO3/c1-21-15-6-2-5-13(10-15)14-9-8-12-4-3-7-17(16(12)11-14)22-18(19)20/h2,5-6,8-11,17H,3-4,7H2,1H3,(H2,19,20). The zero-order valence-electron chi connectivity index (χ0n) is 12.5. The minimum Gasteiger partial charge on any atom is -0.497 e. The second-order valence-electron chi connectivity index (χ2n) is 5.46. The van der Waals surface area contributed by atoms with Gasteiger partial charge in [-0.15, -0.1) is 0 Å². The molecular weight excluding hydrogens is 278 g/mol. The number of fused-ring (bicyclic) bond motifs is 1. The van der Waals surface area contributed by atoms with Gasteiger partial charge in [0.15, 0.2) is 0 Å². The molecule has 1 aliphatic rings. The Bertz CT molecular complexity index is 696. The maximum absolute atomic E-state index is 11.1. The molecule has 4 nitrogen and oxygen atoms in total. The molecule has 114 valence electrons. The van der Waals surface area contributed by atoms with E-state index in [0.717, 1.165) is 41.7 Å². The molecule has 0 spiro atoms. The van der Waals surface area contributed by atoms with Gasteiger partial charge in [0.2, 0.25) is 0 Å². The highest BCUT2D eigenvalue weighted by Crippen LogP contribution is 2.35. The van der Waals surface area contributed by atoms with Crippen molar-refractivity contribution in [2.45, 2.75) is 25.4 Å². The number of amides is 1. The number of hydrogen-bond donors (Lipinski definition) is 1. The average Bonchev–Trinajstić information content (AvgIpc) is 2.54. The Morgan fingerprint density at radius 2 is 2.00 bits per heavy atom. The third-order valence-electron chi connectivity index (χ3n) is 4.07. The van der Waals surface area contributed by atoms with Gasteiger partial charge in [-0.3, -0.25) is 0 Å². The molecular formula is C18H19NO3. The van der Waals surface area contributed by atoms with E-state index in [4.69, 9.17) is 15.2 Å². The maximum Gasteiger partial charge on any atom is 0.405 e. The largest absolute Gasteiger partial charge is 0.497 e. The van der Waals surface area contributed by atoms with Gasteiger partial charge in [-0.2, -0.15) is 0 Å². The summed E-state index contributed by atoms with van der Waals surface area (Å²) in [4.78, 5) is 11.1. The summed E-state index contributed by atoms with van der Waals surface area (Å²) in [5.74, 6) is 0.820. The van der Waals surface area contributed by atoms with E-state index in [9.17, 15) is 4.79 Å². The van der Waals surface area contributed by atoms with E-state index in [1.165, 1.54) is 5.56 Å². The zero-order valence-corrected chi connectivity index (χ0v) is 12.5. The number of benzene rings is 2. The fourth-order valence-corrected chi connectivity index (χ4v) is 3.00. The van der Waals surface area contributed by atoms with Crippen molar-refractivity contribution in [3.8, 4) is 16.9 Å². The Morgan fingerprint density at radius 1 is 1.18 bits per heavy atom. The van der Waals surface area contributed by atoms with Crippen LogP contribution in [0, 0.1) is 0 Å². The van der Waals surface area contributed by atoms with Gasteiger partial charge in [0.05, 0.1) is 7.11 Å². The van der Waals surface area contributed by atoms with Gasteiger partial charge < -0.3 is 15.2 Å². The zero-order chi connectivity index (χ0) is 15.5. The van der Waals surface area contributed by atoms with E-state index in [0.29, 0.717) is 0 Å². The lowest BCUT2D eigenvalue weighted by Crippen LogP contribution is -2.20. The van der Waals surface area contributed by atoms with Crippen LogP contribution in [0.1, 0.15) is 30.1 Å². The molecule has 4 heteroatoms. The number of nitrogens with two attached hydrogens (primary N) is 1. The van der Waals surface area contributed by atoms with Crippen LogP contribution < -0.4 is 10.5 Å². The number of rotatable bonds is 3. The van der Waals surface area contributed by atoms with Crippen LogP contribution in [0.3, 0.4) is 0 Å². The summed E-state index contributed by atoms with van der Waals surface area (Å²) in [6, 6.07) is 14.2. The van der Waals surface area contributed by atoms with Crippen molar-refractivity contribution in [1.29, 1.82) is 0 Å². The first-order valence-electron chi connectivity index (χ1n) is 7.40. The molecule has 0 aliphatic heterocycles. The number of hydrogen-bond acceptors (Lipinski definition) is 3. The lowest BCUT2D eigenvalue weighted by molar-refractivity contribution is 0.0959. The van der Waals surface area contributed by atoms with E-state index < -0.39 is 6.09 Å². The first kappa shape index (κ1) is 14.4. The summed E-state index contributed by atoms with van der Waals surface area (Å²) in [5.41, 5.74) is 9.63. The maximum atomic E-state index is 11.1. The van der Waals surface area contributed by atoms with Crippen LogP contribution in [0.5, 0.6) is 5.75 Å². The number of carbonyl (C=O) groups is 1. The number of aryl methyl sites for hydroxylation is 1. The Balaban J connectivity index is 1.99. The molecule has 0 heterocycles. The molecule has 2 aromatic carbocycles. The molecule has 1 aliphatic carbocycles. The summed E-state index contributed by atoms with van der Waals surface area (Å²) in [7, 11) is 1.66. The van der Waals surface area contributed by atoms with E-state index in [1.54, 1.807) is 7.11 Å². The number of carbonyl (C=O) groups excluding carboxylic acids is 1. The van der Waals surface area contributed by atoms with Gasteiger partial charge in [-0.1, -0.05) is 24.3 Å². The smallest absolute Gasteiger partial charge is 0.405 e. The van der Waals surface area contributed by atoms with Gasteiger partial charge in [0.1, 0.15) is 11.9 Å². The normalized spacial score (nSPS) is 16.7. The number of ether oxygens (including phenoxy) is 2. The second-order valence-corrected chi connectivity index (χ2v) is 5.46. The van der Waals surface area contributed by atoms with Gasteiger partial charge in [0, 0.05) is 0 Å². The molecule has 0 radical (unpaired) electrons. The third kappa shape index (κ3) is 2.91. The van der Waals surface area contributed by atoms with E-state index in [1.807, 2.05) is 24.3 Å². The van der Waals surface area contributed by atoms with Crippen molar-refractivity contribution in [2.24, 2.45) is 5.73 Å². The lowest BCUT2D eigenvalue weighted by Gasteiger charge is -2.25. The highest BCUT2D eigenvalue weighted by atomic mass is 16.6. The fraction of sp³-hybridized carbons (Fsp3) is 0.278. The monoisotopic (exact) mass is 297 g/mol. The summed E-state index contributed by atoms with van der Waals surface area (Å²) in [6.07, 6.45) is 1.87. The van der Waals surface area contributed by atoms with Crippen molar-refractivity contribution in [2.75, 3.05) is 7.11 Å². The molecule has 0 bridgehead atoms. The minimum atomic E-state index is -0.718.